The summed E-state index contributed by atoms with van der Waals surface area (Å²) in [6.07, 6.45) is 4.49. The highest BCUT2D eigenvalue weighted by atomic mass is 16.5. The molecule has 0 unspecified atom stereocenters. The molecular formula is C16H29N3O3. The summed E-state index contributed by atoms with van der Waals surface area (Å²) in [4.78, 5) is 16.9. The number of carbonyl (C=O) groups is 1. The largest absolute Gasteiger partial charge is 0.381 e. The predicted octanol–water partition coefficient (Wildman–Crippen LogP) is 0.918. The average Bonchev–Trinajstić information content (AvgIpc) is 3.32. The number of carbonyl (C=O) groups excluding carboxylic acids is 1. The van der Waals surface area contributed by atoms with E-state index in [9.17, 15) is 4.79 Å². The van der Waals surface area contributed by atoms with Crippen LogP contribution in [0.15, 0.2) is 0 Å². The molecule has 2 saturated heterocycles. The number of ether oxygens (including phenoxy) is 2. The highest BCUT2D eigenvalue weighted by molar-refractivity contribution is 5.74. The Labute approximate surface area is 133 Å². The second kappa shape index (κ2) is 7.62. The van der Waals surface area contributed by atoms with Gasteiger partial charge in [0.05, 0.1) is 12.7 Å². The second-order valence-electron chi connectivity index (χ2n) is 6.94. The Hall–Kier alpha value is -0.850. The molecule has 3 aliphatic rings. The smallest absolute Gasteiger partial charge is 0.317 e. The van der Waals surface area contributed by atoms with E-state index in [-0.39, 0.29) is 18.2 Å². The van der Waals surface area contributed by atoms with Gasteiger partial charge in [0.15, 0.2) is 0 Å². The van der Waals surface area contributed by atoms with E-state index in [2.05, 4.69) is 17.3 Å². The Kier molecular flexibility index (Phi) is 5.55. The molecule has 0 aromatic carbocycles. The molecule has 0 bridgehead atoms. The number of hydrogen-bond donors (Lipinski definition) is 1. The summed E-state index contributed by atoms with van der Waals surface area (Å²) in [6, 6.07) is 0.341. The molecular weight excluding hydrogens is 282 g/mol. The van der Waals surface area contributed by atoms with E-state index in [1.54, 1.807) is 0 Å². The van der Waals surface area contributed by atoms with Crippen molar-refractivity contribution in [1.82, 2.24) is 15.1 Å². The Morgan fingerprint density at radius 1 is 1.18 bits per heavy atom. The normalized spacial score (nSPS) is 27.6. The lowest BCUT2D eigenvalue weighted by Gasteiger charge is -2.35. The van der Waals surface area contributed by atoms with Crippen LogP contribution in [0.25, 0.3) is 0 Å². The number of morpholine rings is 1. The van der Waals surface area contributed by atoms with Crippen molar-refractivity contribution in [2.24, 2.45) is 5.92 Å². The molecule has 1 saturated carbocycles. The lowest BCUT2D eigenvalue weighted by Crippen LogP contribution is -2.52. The highest BCUT2D eigenvalue weighted by Crippen LogP contribution is 2.30. The highest BCUT2D eigenvalue weighted by Gasteiger charge is 2.30. The van der Waals surface area contributed by atoms with E-state index in [1.807, 2.05) is 4.90 Å². The van der Waals surface area contributed by atoms with Crippen molar-refractivity contribution in [3.05, 3.63) is 0 Å². The van der Waals surface area contributed by atoms with Crippen LogP contribution in [0.5, 0.6) is 0 Å². The van der Waals surface area contributed by atoms with E-state index in [0.29, 0.717) is 12.5 Å². The van der Waals surface area contributed by atoms with Crippen molar-refractivity contribution in [2.75, 3.05) is 53.0 Å². The number of nitrogens with zero attached hydrogens (tertiary/aromatic N) is 2. The zero-order valence-electron chi connectivity index (χ0n) is 13.6. The molecule has 1 atom stereocenters. The van der Waals surface area contributed by atoms with Crippen LogP contribution < -0.4 is 5.32 Å². The van der Waals surface area contributed by atoms with Crippen LogP contribution in [0.2, 0.25) is 0 Å². The average molecular weight is 311 g/mol. The van der Waals surface area contributed by atoms with Gasteiger partial charge in [0.2, 0.25) is 0 Å². The first kappa shape index (κ1) is 16.0. The van der Waals surface area contributed by atoms with Crippen molar-refractivity contribution in [3.63, 3.8) is 0 Å². The number of rotatable bonds is 5. The number of amides is 2. The monoisotopic (exact) mass is 311 g/mol. The van der Waals surface area contributed by atoms with Crippen LogP contribution >= 0.6 is 0 Å². The maximum atomic E-state index is 12.6. The summed E-state index contributed by atoms with van der Waals surface area (Å²) in [5.41, 5.74) is 0. The van der Waals surface area contributed by atoms with Crippen LogP contribution in [0.4, 0.5) is 4.79 Å². The number of likely N-dealkylation sites (N-methyl/N-ethyl adjacent to an activating group) is 1. The van der Waals surface area contributed by atoms with Crippen LogP contribution in [0, 0.1) is 5.92 Å². The van der Waals surface area contributed by atoms with Gasteiger partial charge in [-0.2, -0.15) is 0 Å². The van der Waals surface area contributed by atoms with Crippen LogP contribution in [0.1, 0.15) is 25.7 Å². The molecule has 3 fully saturated rings. The van der Waals surface area contributed by atoms with Gasteiger partial charge in [0.25, 0.3) is 0 Å². The van der Waals surface area contributed by atoms with Gasteiger partial charge in [-0.15, -0.1) is 0 Å². The van der Waals surface area contributed by atoms with E-state index < -0.39 is 0 Å². The number of hydrogen-bond acceptors (Lipinski definition) is 4. The summed E-state index contributed by atoms with van der Waals surface area (Å²) in [5.74, 6) is 0.696. The van der Waals surface area contributed by atoms with Crippen molar-refractivity contribution < 1.29 is 14.3 Å². The molecule has 2 aliphatic heterocycles. The van der Waals surface area contributed by atoms with Crippen molar-refractivity contribution >= 4 is 6.03 Å². The van der Waals surface area contributed by atoms with Gasteiger partial charge in [0, 0.05) is 45.4 Å². The zero-order chi connectivity index (χ0) is 15.4. The molecule has 6 nitrogen and oxygen atoms in total. The van der Waals surface area contributed by atoms with Crippen molar-refractivity contribution in [1.29, 1.82) is 0 Å². The third-order valence-corrected chi connectivity index (χ3v) is 4.78. The van der Waals surface area contributed by atoms with Gasteiger partial charge in [-0.05, 0) is 38.6 Å². The minimum absolute atomic E-state index is 0.0793. The van der Waals surface area contributed by atoms with E-state index in [4.69, 9.17) is 9.47 Å². The standard InChI is InChI=1S/C16H29N3O3/c1-18-6-9-22-15(11-18)12-19(10-13-2-3-13)16(20)17-14-4-7-21-8-5-14/h13-15H,2-12H2,1H3,(H,17,20)/t15-/m0/s1. The van der Waals surface area contributed by atoms with E-state index in [0.717, 1.165) is 52.3 Å². The molecule has 3 rings (SSSR count). The first-order chi connectivity index (χ1) is 10.7. The summed E-state index contributed by atoms with van der Waals surface area (Å²) < 4.78 is 11.2. The third kappa shape index (κ3) is 4.83. The van der Waals surface area contributed by atoms with Crippen LogP contribution in [-0.4, -0.2) is 81.0 Å². The van der Waals surface area contributed by atoms with Gasteiger partial charge < -0.3 is 24.6 Å². The van der Waals surface area contributed by atoms with Crippen LogP contribution in [0.3, 0.4) is 0 Å². The molecule has 0 aromatic heterocycles. The van der Waals surface area contributed by atoms with Crippen molar-refractivity contribution in [3.8, 4) is 0 Å². The van der Waals surface area contributed by atoms with E-state index in [1.165, 1.54) is 12.8 Å². The molecule has 1 N–H and O–H groups in total. The van der Waals surface area contributed by atoms with E-state index >= 15 is 0 Å². The Balaban J connectivity index is 1.52. The quantitative estimate of drug-likeness (QED) is 0.820. The Morgan fingerprint density at radius 2 is 1.95 bits per heavy atom. The second-order valence-corrected chi connectivity index (χ2v) is 6.94. The first-order valence-corrected chi connectivity index (χ1v) is 8.64. The summed E-state index contributed by atoms with van der Waals surface area (Å²) in [6.45, 7) is 5.74. The molecule has 126 valence electrons. The fourth-order valence-electron chi connectivity index (χ4n) is 3.18. The fraction of sp³-hybridized carbons (Fsp3) is 0.938. The van der Waals surface area contributed by atoms with Crippen molar-refractivity contribution in [2.45, 2.75) is 37.8 Å². The molecule has 1 aliphatic carbocycles. The molecule has 22 heavy (non-hydrogen) atoms. The van der Waals surface area contributed by atoms with Crippen LogP contribution in [-0.2, 0) is 9.47 Å². The van der Waals surface area contributed by atoms with Gasteiger partial charge in [-0.25, -0.2) is 4.79 Å². The number of urea groups is 1. The molecule has 2 amide bonds. The fourth-order valence-corrected chi connectivity index (χ4v) is 3.18. The summed E-state index contributed by atoms with van der Waals surface area (Å²) in [5, 5.41) is 3.19. The first-order valence-electron chi connectivity index (χ1n) is 8.64. The lowest BCUT2D eigenvalue weighted by molar-refractivity contribution is -0.0311. The number of nitrogens with one attached hydrogen (secondary N) is 1. The SMILES string of the molecule is CN1CCO[C@H](CN(CC2CC2)C(=O)NC2CCOCC2)C1. The zero-order valence-corrected chi connectivity index (χ0v) is 13.6. The maximum absolute atomic E-state index is 12.6. The van der Waals surface area contributed by atoms with Gasteiger partial charge >= 0.3 is 6.03 Å². The molecule has 0 radical (unpaired) electrons. The molecule has 6 heteroatoms. The minimum Gasteiger partial charge on any atom is -0.381 e. The predicted molar refractivity (Wildman–Crippen MR) is 83.9 cm³/mol. The maximum Gasteiger partial charge on any atom is 0.317 e. The lowest BCUT2D eigenvalue weighted by atomic mass is 10.1. The topological polar surface area (TPSA) is 54.0 Å². The van der Waals surface area contributed by atoms with Gasteiger partial charge in [0.1, 0.15) is 0 Å². The molecule has 0 aromatic rings. The Bertz CT molecular complexity index is 370. The summed E-state index contributed by atoms with van der Waals surface area (Å²) in [7, 11) is 2.11. The molecule has 0 spiro atoms. The minimum atomic E-state index is 0.0793. The Morgan fingerprint density at radius 3 is 2.64 bits per heavy atom. The van der Waals surface area contributed by atoms with Gasteiger partial charge in [-0.3, -0.25) is 0 Å². The molecule has 2 heterocycles. The van der Waals surface area contributed by atoms with Gasteiger partial charge in [-0.1, -0.05) is 0 Å². The summed E-state index contributed by atoms with van der Waals surface area (Å²) >= 11 is 0. The third-order valence-electron chi connectivity index (χ3n) is 4.78.